The zero-order valence-corrected chi connectivity index (χ0v) is 13.4. The fraction of sp³-hybridized carbons (Fsp3) is 0.583. The fourth-order valence-electron chi connectivity index (χ4n) is 1.47. The van der Waals surface area contributed by atoms with E-state index in [9.17, 15) is 4.79 Å². The first-order valence-corrected chi connectivity index (χ1v) is 7.79. The number of amides is 1. The molecular formula is C12H19ClN4O2S. The highest BCUT2D eigenvalue weighted by Gasteiger charge is 2.10. The first-order chi connectivity index (χ1) is 9.60. The van der Waals surface area contributed by atoms with Crippen molar-refractivity contribution < 1.29 is 9.63 Å². The van der Waals surface area contributed by atoms with Crippen molar-refractivity contribution in [3.8, 4) is 0 Å². The fourth-order valence-corrected chi connectivity index (χ4v) is 2.34. The van der Waals surface area contributed by atoms with Crippen molar-refractivity contribution in [2.24, 2.45) is 0 Å². The maximum atomic E-state index is 11.4. The van der Waals surface area contributed by atoms with E-state index in [2.05, 4.69) is 20.3 Å². The summed E-state index contributed by atoms with van der Waals surface area (Å²) >= 11 is 7.21. The number of thioether (sulfide) groups is 1. The van der Waals surface area contributed by atoms with Crippen LogP contribution >= 0.6 is 23.4 Å². The lowest BCUT2D eigenvalue weighted by Gasteiger charge is -2.20. The monoisotopic (exact) mass is 318 g/mol. The Morgan fingerprint density at radius 2 is 2.10 bits per heavy atom. The van der Waals surface area contributed by atoms with E-state index in [0.29, 0.717) is 16.9 Å². The van der Waals surface area contributed by atoms with Gasteiger partial charge in [-0.2, -0.15) is 0 Å². The van der Waals surface area contributed by atoms with Crippen LogP contribution in [-0.4, -0.2) is 41.3 Å². The molecule has 0 aliphatic rings. The smallest absolute Gasteiger partial charge is 0.254 e. The maximum absolute atomic E-state index is 11.4. The van der Waals surface area contributed by atoms with E-state index in [1.54, 1.807) is 13.0 Å². The number of rotatable bonds is 8. The Kier molecular flexibility index (Phi) is 7.64. The van der Waals surface area contributed by atoms with Crippen LogP contribution in [0.25, 0.3) is 0 Å². The molecular weight excluding hydrogens is 300 g/mol. The van der Waals surface area contributed by atoms with E-state index in [4.69, 9.17) is 16.4 Å². The highest BCUT2D eigenvalue weighted by molar-refractivity contribution is 7.99. The Balaban J connectivity index is 2.68. The second-order valence-corrected chi connectivity index (χ2v) is 5.08. The van der Waals surface area contributed by atoms with Crippen LogP contribution in [0.4, 0.5) is 5.82 Å². The van der Waals surface area contributed by atoms with Crippen molar-refractivity contribution in [1.82, 2.24) is 15.4 Å². The number of carbonyl (C=O) groups excluding carboxylic acids is 1. The lowest BCUT2D eigenvalue weighted by atomic mass is 10.4. The van der Waals surface area contributed by atoms with E-state index in [1.807, 2.05) is 13.8 Å². The van der Waals surface area contributed by atoms with E-state index >= 15 is 0 Å². The second-order valence-electron chi connectivity index (χ2n) is 3.75. The summed E-state index contributed by atoms with van der Waals surface area (Å²) in [6, 6.07) is 1.72. The highest BCUT2D eigenvalue weighted by atomic mass is 35.5. The molecule has 0 bridgehead atoms. The molecule has 0 aliphatic carbocycles. The maximum Gasteiger partial charge on any atom is 0.254 e. The molecule has 0 fully saturated rings. The third-order valence-corrected chi connectivity index (χ3v) is 3.45. The first-order valence-electron chi connectivity index (χ1n) is 6.43. The van der Waals surface area contributed by atoms with Crippen LogP contribution in [0.3, 0.4) is 0 Å². The van der Waals surface area contributed by atoms with Gasteiger partial charge < -0.3 is 4.90 Å². The van der Waals surface area contributed by atoms with Crippen LogP contribution in [0.15, 0.2) is 11.2 Å². The molecule has 0 aliphatic heterocycles. The number of anilines is 1. The van der Waals surface area contributed by atoms with Crippen molar-refractivity contribution in [3.05, 3.63) is 11.2 Å². The van der Waals surface area contributed by atoms with Gasteiger partial charge in [-0.3, -0.25) is 9.63 Å². The molecule has 20 heavy (non-hydrogen) atoms. The van der Waals surface area contributed by atoms with Crippen LogP contribution in [0.2, 0.25) is 5.15 Å². The number of carbonyl (C=O) groups is 1. The van der Waals surface area contributed by atoms with E-state index in [0.717, 1.165) is 18.9 Å². The number of nitrogens with zero attached hydrogens (tertiary/aromatic N) is 3. The summed E-state index contributed by atoms with van der Waals surface area (Å²) in [7, 11) is 0. The van der Waals surface area contributed by atoms with Crippen LogP contribution in [0, 0.1) is 0 Å². The van der Waals surface area contributed by atoms with Gasteiger partial charge in [0.25, 0.3) is 5.91 Å². The highest BCUT2D eigenvalue weighted by Crippen LogP contribution is 2.21. The van der Waals surface area contributed by atoms with Gasteiger partial charge in [-0.05, 0) is 20.8 Å². The van der Waals surface area contributed by atoms with Gasteiger partial charge >= 0.3 is 0 Å². The zero-order chi connectivity index (χ0) is 15.0. The summed E-state index contributed by atoms with van der Waals surface area (Å²) in [6.45, 7) is 7.97. The number of aromatic nitrogens is 2. The molecule has 0 saturated carbocycles. The molecule has 112 valence electrons. The van der Waals surface area contributed by atoms with Gasteiger partial charge in [0.1, 0.15) is 11.0 Å². The molecule has 1 aromatic rings. The molecule has 0 spiro atoms. The molecule has 0 unspecified atom stereocenters. The minimum atomic E-state index is -0.232. The first kappa shape index (κ1) is 17.0. The summed E-state index contributed by atoms with van der Waals surface area (Å²) in [5, 5.41) is 0.848. The molecule has 6 nitrogen and oxygen atoms in total. The van der Waals surface area contributed by atoms with Crippen LogP contribution in [0.1, 0.15) is 20.8 Å². The summed E-state index contributed by atoms with van der Waals surface area (Å²) in [4.78, 5) is 26.8. The Labute approximate surface area is 128 Å². The lowest BCUT2D eigenvalue weighted by Crippen LogP contribution is -2.25. The number of halogens is 1. The Hall–Kier alpha value is -1.05. The molecule has 0 aromatic carbocycles. The third kappa shape index (κ3) is 5.52. The minimum Gasteiger partial charge on any atom is -0.357 e. The zero-order valence-electron chi connectivity index (χ0n) is 11.9. The van der Waals surface area contributed by atoms with Gasteiger partial charge in [-0.1, -0.05) is 23.4 Å². The summed E-state index contributed by atoms with van der Waals surface area (Å²) < 4.78 is 0. The molecule has 0 saturated heterocycles. The average Bonchev–Trinajstić information content (AvgIpc) is 2.43. The van der Waals surface area contributed by atoms with Crippen LogP contribution < -0.4 is 10.4 Å². The average molecular weight is 319 g/mol. The van der Waals surface area contributed by atoms with E-state index < -0.39 is 0 Å². The van der Waals surface area contributed by atoms with Crippen LogP contribution in [0.5, 0.6) is 0 Å². The number of hydrogen-bond donors (Lipinski definition) is 1. The van der Waals surface area contributed by atoms with Crippen molar-refractivity contribution in [1.29, 1.82) is 0 Å². The van der Waals surface area contributed by atoms with E-state index in [-0.39, 0.29) is 11.7 Å². The van der Waals surface area contributed by atoms with Gasteiger partial charge in [0, 0.05) is 19.2 Å². The molecule has 1 aromatic heterocycles. The molecule has 1 amide bonds. The summed E-state index contributed by atoms with van der Waals surface area (Å²) in [5.41, 5.74) is 2.32. The molecule has 1 rings (SSSR count). The van der Waals surface area contributed by atoms with Gasteiger partial charge in [0.15, 0.2) is 5.16 Å². The van der Waals surface area contributed by atoms with E-state index in [1.165, 1.54) is 11.8 Å². The summed E-state index contributed by atoms with van der Waals surface area (Å²) in [5.74, 6) is 0.713. The predicted molar refractivity (Wildman–Crippen MR) is 81.1 cm³/mol. The Bertz CT molecular complexity index is 443. The quantitative estimate of drug-likeness (QED) is 0.343. The van der Waals surface area contributed by atoms with Gasteiger partial charge in [0.2, 0.25) is 0 Å². The topological polar surface area (TPSA) is 67.3 Å². The molecule has 1 N–H and O–H groups in total. The number of hydrogen-bond acceptors (Lipinski definition) is 6. The normalized spacial score (nSPS) is 10.4. The van der Waals surface area contributed by atoms with Crippen molar-refractivity contribution in [3.63, 3.8) is 0 Å². The minimum absolute atomic E-state index is 0.179. The molecule has 0 radical (unpaired) electrons. The number of hydroxylamine groups is 1. The van der Waals surface area contributed by atoms with Crippen molar-refractivity contribution in [2.45, 2.75) is 25.9 Å². The lowest BCUT2D eigenvalue weighted by molar-refractivity contribution is -0.130. The SMILES string of the molecule is CCONC(=O)CSc1nc(Cl)cc(N(CC)CC)n1. The second kappa shape index (κ2) is 8.99. The molecule has 8 heteroatoms. The van der Waals surface area contributed by atoms with Gasteiger partial charge in [0.05, 0.1) is 12.4 Å². The molecule has 0 atom stereocenters. The largest absolute Gasteiger partial charge is 0.357 e. The number of nitrogens with one attached hydrogen (secondary N) is 1. The Morgan fingerprint density at radius 1 is 1.40 bits per heavy atom. The molecule has 1 heterocycles. The van der Waals surface area contributed by atoms with Crippen molar-refractivity contribution in [2.75, 3.05) is 30.3 Å². The third-order valence-electron chi connectivity index (χ3n) is 2.41. The summed E-state index contributed by atoms with van der Waals surface area (Å²) in [6.07, 6.45) is 0. The van der Waals surface area contributed by atoms with Crippen LogP contribution in [-0.2, 0) is 9.63 Å². The van der Waals surface area contributed by atoms with Gasteiger partial charge in [-0.15, -0.1) is 0 Å². The predicted octanol–water partition coefficient (Wildman–Crippen LogP) is 2.14. The Morgan fingerprint density at radius 3 is 2.70 bits per heavy atom. The standard InChI is InChI=1S/C12H19ClN4O2S/c1-4-17(5-2)10-7-9(13)14-12(15-10)20-8-11(18)16-19-6-3/h7H,4-6,8H2,1-3H3,(H,16,18). The van der Waals surface area contributed by atoms with Crippen molar-refractivity contribution >= 4 is 35.1 Å². The van der Waals surface area contributed by atoms with Gasteiger partial charge in [-0.25, -0.2) is 15.4 Å².